The molecule has 1 aliphatic heterocycles. The van der Waals surface area contributed by atoms with Gasteiger partial charge in [0.05, 0.1) is 0 Å². The van der Waals surface area contributed by atoms with Crippen LogP contribution in [0.15, 0.2) is 30.3 Å². The molecule has 1 aliphatic rings. The zero-order chi connectivity index (χ0) is 15.1. The van der Waals surface area contributed by atoms with Gasteiger partial charge in [0, 0.05) is 6.54 Å². The lowest BCUT2D eigenvalue weighted by Crippen LogP contribution is -2.42. The van der Waals surface area contributed by atoms with Crippen molar-refractivity contribution >= 4 is 23.8 Å². The summed E-state index contributed by atoms with van der Waals surface area (Å²) in [5.41, 5.74) is 0.564. The second kappa shape index (κ2) is 7.93. The second-order valence-electron chi connectivity index (χ2n) is 5.09. The minimum atomic E-state index is -1.06. The number of thioether (sulfide) groups is 1. The van der Waals surface area contributed by atoms with E-state index in [1.807, 2.05) is 17.8 Å². The molecule has 0 aliphatic carbocycles. The van der Waals surface area contributed by atoms with Crippen LogP contribution in [0.2, 0.25) is 0 Å². The number of amides is 2. The molecular weight excluding hydrogens is 288 g/mol. The van der Waals surface area contributed by atoms with Gasteiger partial charge in [0.25, 0.3) is 0 Å². The quantitative estimate of drug-likeness (QED) is 0.779. The number of carbonyl (C=O) groups is 2. The predicted molar refractivity (Wildman–Crippen MR) is 83.4 cm³/mol. The van der Waals surface area contributed by atoms with Gasteiger partial charge in [-0.3, -0.25) is 0 Å². The highest BCUT2D eigenvalue weighted by Crippen LogP contribution is 2.21. The van der Waals surface area contributed by atoms with Crippen molar-refractivity contribution in [2.24, 2.45) is 5.92 Å². The molecule has 2 rings (SSSR count). The third-order valence-electron chi connectivity index (χ3n) is 3.55. The van der Waals surface area contributed by atoms with Gasteiger partial charge in [-0.15, -0.1) is 0 Å². The number of hydrogen-bond acceptors (Lipinski definition) is 3. The summed E-state index contributed by atoms with van der Waals surface area (Å²) in [7, 11) is 0. The van der Waals surface area contributed by atoms with Crippen LogP contribution in [0.25, 0.3) is 0 Å². The fraction of sp³-hybridized carbons (Fsp3) is 0.467. The van der Waals surface area contributed by atoms with Crippen molar-refractivity contribution in [3.8, 4) is 0 Å². The summed E-state index contributed by atoms with van der Waals surface area (Å²) >= 11 is 1.94. The summed E-state index contributed by atoms with van der Waals surface area (Å²) in [6, 6.07) is 7.26. The van der Waals surface area contributed by atoms with Crippen LogP contribution in [-0.2, 0) is 4.79 Å². The summed E-state index contributed by atoms with van der Waals surface area (Å²) in [4.78, 5) is 23.2. The first-order valence-electron chi connectivity index (χ1n) is 7.06. The van der Waals surface area contributed by atoms with Gasteiger partial charge >= 0.3 is 12.0 Å². The fourth-order valence-electron chi connectivity index (χ4n) is 2.30. The molecule has 6 heteroatoms. The first-order chi connectivity index (χ1) is 10.2. The third kappa shape index (κ3) is 4.97. The molecule has 1 unspecified atom stereocenters. The number of aliphatic carboxylic acids is 1. The Balaban J connectivity index is 1.85. The van der Waals surface area contributed by atoms with E-state index in [9.17, 15) is 14.7 Å². The van der Waals surface area contributed by atoms with E-state index in [0.29, 0.717) is 18.0 Å². The Labute approximate surface area is 128 Å². The largest absolute Gasteiger partial charge is 0.479 e. The Kier molecular flexibility index (Phi) is 5.92. The van der Waals surface area contributed by atoms with Gasteiger partial charge in [0.15, 0.2) is 6.04 Å². The van der Waals surface area contributed by atoms with Crippen molar-refractivity contribution in [3.05, 3.63) is 35.9 Å². The molecule has 0 radical (unpaired) electrons. The SMILES string of the molecule is O=C(NCC1CCSCC1)NC(C(=O)O)c1ccccc1. The fourth-order valence-corrected chi connectivity index (χ4v) is 3.51. The maximum Gasteiger partial charge on any atom is 0.330 e. The van der Waals surface area contributed by atoms with Crippen molar-refractivity contribution in [3.63, 3.8) is 0 Å². The van der Waals surface area contributed by atoms with Crippen LogP contribution in [0, 0.1) is 5.92 Å². The van der Waals surface area contributed by atoms with Crippen LogP contribution >= 0.6 is 11.8 Å². The van der Waals surface area contributed by atoms with Crippen molar-refractivity contribution in [2.75, 3.05) is 18.1 Å². The molecule has 0 aromatic heterocycles. The summed E-state index contributed by atoms with van der Waals surface area (Å²) in [6.45, 7) is 0.605. The molecule has 0 bridgehead atoms. The van der Waals surface area contributed by atoms with E-state index in [-0.39, 0.29) is 0 Å². The summed E-state index contributed by atoms with van der Waals surface area (Å²) < 4.78 is 0. The molecule has 1 atom stereocenters. The van der Waals surface area contributed by atoms with Gasteiger partial charge in [0.2, 0.25) is 0 Å². The highest BCUT2D eigenvalue weighted by Gasteiger charge is 2.22. The molecule has 1 aromatic carbocycles. The molecule has 3 N–H and O–H groups in total. The molecule has 0 spiro atoms. The van der Waals surface area contributed by atoms with E-state index < -0.39 is 18.0 Å². The molecule has 1 saturated heterocycles. The Morgan fingerprint density at radius 1 is 1.24 bits per heavy atom. The number of hydrogen-bond donors (Lipinski definition) is 3. The maximum absolute atomic E-state index is 11.9. The number of carbonyl (C=O) groups excluding carboxylic acids is 1. The lowest BCUT2D eigenvalue weighted by atomic mass is 10.0. The topological polar surface area (TPSA) is 78.4 Å². The predicted octanol–water partition coefficient (Wildman–Crippen LogP) is 2.25. The molecule has 1 aromatic rings. The average molecular weight is 308 g/mol. The summed E-state index contributed by atoms with van der Waals surface area (Å²) in [5, 5.41) is 14.5. The van der Waals surface area contributed by atoms with E-state index in [1.165, 1.54) is 0 Å². The van der Waals surface area contributed by atoms with Gasteiger partial charge in [-0.05, 0) is 35.8 Å². The van der Waals surface area contributed by atoms with E-state index in [2.05, 4.69) is 10.6 Å². The van der Waals surface area contributed by atoms with E-state index >= 15 is 0 Å². The minimum Gasteiger partial charge on any atom is -0.479 e. The molecule has 1 heterocycles. The average Bonchev–Trinajstić information content (AvgIpc) is 2.52. The smallest absolute Gasteiger partial charge is 0.330 e. The third-order valence-corrected chi connectivity index (χ3v) is 4.60. The molecule has 21 heavy (non-hydrogen) atoms. The first kappa shape index (κ1) is 15.7. The first-order valence-corrected chi connectivity index (χ1v) is 8.22. The van der Waals surface area contributed by atoms with E-state index in [4.69, 9.17) is 0 Å². The Morgan fingerprint density at radius 2 is 1.90 bits per heavy atom. The van der Waals surface area contributed by atoms with Gasteiger partial charge in [-0.1, -0.05) is 30.3 Å². The highest BCUT2D eigenvalue weighted by atomic mass is 32.2. The van der Waals surface area contributed by atoms with Crippen LogP contribution in [0.5, 0.6) is 0 Å². The number of urea groups is 1. The van der Waals surface area contributed by atoms with Crippen LogP contribution in [-0.4, -0.2) is 35.2 Å². The van der Waals surface area contributed by atoms with Crippen LogP contribution in [0.3, 0.4) is 0 Å². The minimum absolute atomic E-state index is 0.426. The van der Waals surface area contributed by atoms with Crippen molar-refractivity contribution in [1.82, 2.24) is 10.6 Å². The summed E-state index contributed by atoms with van der Waals surface area (Å²) in [6.07, 6.45) is 2.21. The number of benzene rings is 1. The van der Waals surface area contributed by atoms with Crippen molar-refractivity contribution < 1.29 is 14.7 Å². The highest BCUT2D eigenvalue weighted by molar-refractivity contribution is 7.99. The maximum atomic E-state index is 11.9. The lowest BCUT2D eigenvalue weighted by molar-refractivity contribution is -0.139. The van der Waals surface area contributed by atoms with Crippen molar-refractivity contribution in [1.29, 1.82) is 0 Å². The monoisotopic (exact) mass is 308 g/mol. The number of carboxylic acids is 1. The molecular formula is C15H20N2O3S. The number of rotatable bonds is 5. The molecule has 2 amide bonds. The van der Waals surface area contributed by atoms with Crippen LogP contribution in [0.4, 0.5) is 4.79 Å². The lowest BCUT2D eigenvalue weighted by Gasteiger charge is -2.22. The van der Waals surface area contributed by atoms with Crippen LogP contribution < -0.4 is 10.6 Å². The van der Waals surface area contributed by atoms with Gasteiger partial charge in [-0.2, -0.15) is 11.8 Å². The van der Waals surface area contributed by atoms with Crippen LogP contribution in [0.1, 0.15) is 24.4 Å². The molecule has 114 valence electrons. The zero-order valence-corrected chi connectivity index (χ0v) is 12.6. The second-order valence-corrected chi connectivity index (χ2v) is 6.32. The van der Waals surface area contributed by atoms with E-state index in [1.54, 1.807) is 24.3 Å². The normalized spacial score (nSPS) is 17.0. The van der Waals surface area contributed by atoms with Gasteiger partial charge in [-0.25, -0.2) is 9.59 Å². The Bertz CT molecular complexity index is 475. The van der Waals surface area contributed by atoms with Gasteiger partial charge in [0.1, 0.15) is 0 Å². The summed E-state index contributed by atoms with van der Waals surface area (Å²) in [5.74, 6) is 1.70. The Morgan fingerprint density at radius 3 is 2.52 bits per heavy atom. The molecule has 1 fully saturated rings. The van der Waals surface area contributed by atoms with Gasteiger partial charge < -0.3 is 15.7 Å². The van der Waals surface area contributed by atoms with Crippen molar-refractivity contribution in [2.45, 2.75) is 18.9 Å². The number of carboxylic acid groups (broad SMARTS) is 1. The van der Waals surface area contributed by atoms with E-state index in [0.717, 1.165) is 24.3 Å². The molecule has 0 saturated carbocycles. The molecule has 5 nitrogen and oxygen atoms in total. The zero-order valence-electron chi connectivity index (χ0n) is 11.7. The number of nitrogens with one attached hydrogen (secondary N) is 2. The standard InChI is InChI=1S/C15H20N2O3S/c18-14(19)13(12-4-2-1-3-5-12)17-15(20)16-10-11-6-8-21-9-7-11/h1-5,11,13H,6-10H2,(H,18,19)(H2,16,17,20). The Hall–Kier alpha value is -1.69.